The first-order valence-electron chi connectivity index (χ1n) is 3.55. The molecule has 0 saturated heterocycles. The smallest absolute Gasteiger partial charge is 0.251 e. The van der Waals surface area contributed by atoms with Gasteiger partial charge in [0.15, 0.2) is 5.82 Å². The Morgan fingerprint density at radius 1 is 1.40 bits per heavy atom. The van der Waals surface area contributed by atoms with Gasteiger partial charge < -0.3 is 5.73 Å². The Bertz CT molecular complexity index is 529. The SMILES string of the molecule is NC(=O)c1cc(Br)cc(S(N)(=O)=O)c1F. The second-order valence-electron chi connectivity index (χ2n) is 2.67. The van der Waals surface area contributed by atoms with Gasteiger partial charge in [-0.05, 0) is 12.1 Å². The van der Waals surface area contributed by atoms with Gasteiger partial charge in [-0.25, -0.2) is 17.9 Å². The molecule has 0 fully saturated rings. The fourth-order valence-corrected chi connectivity index (χ4v) is 2.21. The Hall–Kier alpha value is -0.990. The van der Waals surface area contributed by atoms with Gasteiger partial charge in [-0.1, -0.05) is 15.9 Å². The summed E-state index contributed by atoms with van der Waals surface area (Å²) < 4.78 is 35.5. The van der Waals surface area contributed by atoms with Crippen molar-refractivity contribution < 1.29 is 17.6 Å². The zero-order valence-electron chi connectivity index (χ0n) is 7.20. The van der Waals surface area contributed by atoms with E-state index in [9.17, 15) is 17.6 Å². The highest BCUT2D eigenvalue weighted by atomic mass is 79.9. The minimum atomic E-state index is -4.22. The molecule has 4 N–H and O–H groups in total. The van der Waals surface area contributed by atoms with Crippen molar-refractivity contribution >= 4 is 31.9 Å². The third-order valence-electron chi connectivity index (χ3n) is 1.58. The van der Waals surface area contributed by atoms with E-state index in [-0.39, 0.29) is 4.47 Å². The Balaban J connectivity index is 3.63. The summed E-state index contributed by atoms with van der Waals surface area (Å²) in [6.07, 6.45) is 0. The second-order valence-corrected chi connectivity index (χ2v) is 5.12. The van der Waals surface area contributed by atoms with E-state index in [0.717, 1.165) is 12.1 Å². The van der Waals surface area contributed by atoms with Crippen molar-refractivity contribution in [1.29, 1.82) is 0 Å². The first-order valence-corrected chi connectivity index (χ1v) is 5.89. The maximum absolute atomic E-state index is 13.4. The number of sulfonamides is 1. The lowest BCUT2D eigenvalue weighted by molar-refractivity contribution is 0.0996. The number of rotatable bonds is 2. The quantitative estimate of drug-likeness (QED) is 0.822. The van der Waals surface area contributed by atoms with Gasteiger partial charge in [-0.2, -0.15) is 0 Å². The number of primary amides is 1. The highest BCUT2D eigenvalue weighted by Crippen LogP contribution is 2.22. The summed E-state index contributed by atoms with van der Waals surface area (Å²) in [5.74, 6) is -2.31. The molecule has 0 bridgehead atoms. The maximum atomic E-state index is 13.4. The van der Waals surface area contributed by atoms with Crippen LogP contribution in [0, 0.1) is 5.82 Å². The topological polar surface area (TPSA) is 103 Å². The third-order valence-corrected chi connectivity index (χ3v) is 2.94. The molecule has 0 radical (unpaired) electrons. The molecule has 1 aromatic carbocycles. The molecule has 0 aliphatic rings. The number of carbonyl (C=O) groups is 1. The zero-order chi connectivity index (χ0) is 11.8. The van der Waals surface area contributed by atoms with E-state index in [1.54, 1.807) is 0 Å². The molecule has 0 aliphatic carbocycles. The van der Waals surface area contributed by atoms with E-state index >= 15 is 0 Å². The molecular weight excluding hydrogens is 291 g/mol. The lowest BCUT2D eigenvalue weighted by Gasteiger charge is -2.05. The maximum Gasteiger partial charge on any atom is 0.251 e. The molecule has 0 heterocycles. The molecule has 82 valence electrons. The van der Waals surface area contributed by atoms with Gasteiger partial charge in [-0.15, -0.1) is 0 Å². The molecule has 0 aliphatic heterocycles. The van der Waals surface area contributed by atoms with Crippen molar-refractivity contribution in [3.05, 3.63) is 28.0 Å². The molecule has 1 rings (SSSR count). The van der Waals surface area contributed by atoms with Crippen LogP contribution in [0.1, 0.15) is 10.4 Å². The fraction of sp³-hybridized carbons (Fsp3) is 0. The van der Waals surface area contributed by atoms with E-state index in [4.69, 9.17) is 10.9 Å². The third kappa shape index (κ3) is 2.52. The van der Waals surface area contributed by atoms with Crippen molar-refractivity contribution in [3.63, 3.8) is 0 Å². The van der Waals surface area contributed by atoms with Gasteiger partial charge in [0.05, 0.1) is 5.56 Å². The van der Waals surface area contributed by atoms with Crippen LogP contribution < -0.4 is 10.9 Å². The lowest BCUT2D eigenvalue weighted by Crippen LogP contribution is -2.19. The number of primary sulfonamides is 1. The van der Waals surface area contributed by atoms with E-state index in [1.165, 1.54) is 0 Å². The number of nitrogens with two attached hydrogens (primary N) is 2. The summed E-state index contributed by atoms with van der Waals surface area (Å²) >= 11 is 2.91. The van der Waals surface area contributed by atoms with E-state index in [1.807, 2.05) is 0 Å². The Labute approximate surface area is 93.4 Å². The van der Waals surface area contributed by atoms with Crippen LogP contribution in [-0.4, -0.2) is 14.3 Å². The van der Waals surface area contributed by atoms with Crippen LogP contribution in [-0.2, 0) is 10.0 Å². The van der Waals surface area contributed by atoms with Crippen molar-refractivity contribution in [2.45, 2.75) is 4.90 Å². The number of benzene rings is 1. The summed E-state index contributed by atoms with van der Waals surface area (Å²) in [5.41, 5.74) is 4.33. The Morgan fingerprint density at radius 3 is 2.33 bits per heavy atom. The molecule has 0 unspecified atom stereocenters. The highest BCUT2D eigenvalue weighted by molar-refractivity contribution is 9.10. The molecule has 8 heteroatoms. The normalized spacial score (nSPS) is 11.4. The van der Waals surface area contributed by atoms with Crippen molar-refractivity contribution in [1.82, 2.24) is 0 Å². The molecule has 0 atom stereocenters. The van der Waals surface area contributed by atoms with E-state index in [2.05, 4.69) is 15.9 Å². The minimum Gasteiger partial charge on any atom is -0.366 e. The first kappa shape index (κ1) is 12.1. The average molecular weight is 297 g/mol. The molecule has 0 aromatic heterocycles. The van der Waals surface area contributed by atoms with Crippen molar-refractivity contribution in [2.24, 2.45) is 10.9 Å². The fourth-order valence-electron chi connectivity index (χ4n) is 0.951. The summed E-state index contributed by atoms with van der Waals surface area (Å²) in [5, 5.41) is 4.75. The van der Waals surface area contributed by atoms with Crippen molar-refractivity contribution in [3.8, 4) is 0 Å². The first-order chi connectivity index (χ1) is 6.73. The highest BCUT2D eigenvalue weighted by Gasteiger charge is 2.21. The zero-order valence-corrected chi connectivity index (χ0v) is 9.60. The van der Waals surface area contributed by atoms with Crippen LogP contribution in [0.25, 0.3) is 0 Å². The number of hydrogen-bond acceptors (Lipinski definition) is 3. The second kappa shape index (κ2) is 3.87. The van der Waals surface area contributed by atoms with Crippen LogP contribution in [0.4, 0.5) is 4.39 Å². The Kier molecular flexibility index (Phi) is 3.12. The molecule has 5 nitrogen and oxygen atoms in total. The standard InChI is InChI=1S/C7H6BrFN2O3S/c8-3-1-4(7(10)12)6(9)5(2-3)15(11,13)14/h1-2H,(H2,10,12)(H2,11,13,14). The monoisotopic (exact) mass is 296 g/mol. The van der Waals surface area contributed by atoms with Crippen LogP contribution in [0.15, 0.2) is 21.5 Å². The van der Waals surface area contributed by atoms with Gasteiger partial charge in [0.1, 0.15) is 4.90 Å². The predicted molar refractivity (Wildman–Crippen MR) is 54.0 cm³/mol. The lowest BCUT2D eigenvalue weighted by atomic mass is 10.2. The van der Waals surface area contributed by atoms with Gasteiger partial charge >= 0.3 is 0 Å². The molecule has 0 spiro atoms. The van der Waals surface area contributed by atoms with Crippen molar-refractivity contribution in [2.75, 3.05) is 0 Å². The summed E-state index contributed by atoms with van der Waals surface area (Å²) in [7, 11) is -4.22. The van der Waals surface area contributed by atoms with E-state index < -0.39 is 32.2 Å². The molecule has 0 saturated carbocycles. The number of carbonyl (C=O) groups excluding carboxylic acids is 1. The molecule has 1 amide bonds. The van der Waals surface area contributed by atoms with Gasteiger partial charge in [0, 0.05) is 4.47 Å². The summed E-state index contributed by atoms with van der Waals surface area (Å²) in [4.78, 5) is 10.0. The molecule has 1 aromatic rings. The molecular formula is C7H6BrFN2O3S. The van der Waals surface area contributed by atoms with Crippen LogP contribution in [0.3, 0.4) is 0 Å². The van der Waals surface area contributed by atoms with Gasteiger partial charge in [0.25, 0.3) is 5.91 Å². The van der Waals surface area contributed by atoms with Crippen LogP contribution >= 0.6 is 15.9 Å². The van der Waals surface area contributed by atoms with Crippen LogP contribution in [0.2, 0.25) is 0 Å². The largest absolute Gasteiger partial charge is 0.366 e. The minimum absolute atomic E-state index is 0.196. The van der Waals surface area contributed by atoms with Crippen LogP contribution in [0.5, 0.6) is 0 Å². The van der Waals surface area contributed by atoms with E-state index in [0.29, 0.717) is 0 Å². The molecule has 15 heavy (non-hydrogen) atoms. The summed E-state index contributed by atoms with van der Waals surface area (Å²) in [6, 6.07) is 2.03. The van der Waals surface area contributed by atoms with Gasteiger partial charge in [-0.3, -0.25) is 4.79 Å². The number of amides is 1. The predicted octanol–water partition coefficient (Wildman–Crippen LogP) is 0.335. The van der Waals surface area contributed by atoms with Gasteiger partial charge in [0.2, 0.25) is 10.0 Å². The average Bonchev–Trinajstić information content (AvgIpc) is 2.06. The number of hydrogen-bond donors (Lipinski definition) is 2. The Morgan fingerprint density at radius 2 is 1.93 bits per heavy atom. The summed E-state index contributed by atoms with van der Waals surface area (Å²) in [6.45, 7) is 0. The number of halogens is 2.